The Morgan fingerprint density at radius 3 is 2.75 bits per heavy atom. The Hall–Kier alpha value is -2.53. The van der Waals surface area contributed by atoms with E-state index in [1.165, 1.54) is 5.56 Å². The van der Waals surface area contributed by atoms with Crippen LogP contribution in [0.1, 0.15) is 17.5 Å². The second kappa shape index (κ2) is 7.36. The summed E-state index contributed by atoms with van der Waals surface area (Å²) in [7, 11) is 1.65. The van der Waals surface area contributed by atoms with Gasteiger partial charge < -0.3 is 20.1 Å². The molecule has 0 spiro atoms. The summed E-state index contributed by atoms with van der Waals surface area (Å²) in [6, 6.07) is 15.6. The fourth-order valence-electron chi connectivity index (χ4n) is 2.94. The number of aliphatic hydroxyl groups is 1. The first kappa shape index (κ1) is 16.3. The maximum absolute atomic E-state index is 12.3. The first-order valence-electron chi connectivity index (χ1n) is 8.10. The molecule has 3 rings (SSSR count). The standard InChI is InChI=1S/C19H22N2O3/c1-24-18-8-7-16(20-19(23)21-10-9-17(22)13-21)12-15(18)11-14-5-3-2-4-6-14/h2-8,12,17,22H,9-11,13H2,1H3,(H,20,23)/t17-/m0/s1. The molecule has 1 fully saturated rings. The molecule has 1 saturated heterocycles. The number of likely N-dealkylation sites (tertiary alicyclic amines) is 1. The molecule has 2 N–H and O–H groups in total. The summed E-state index contributed by atoms with van der Waals surface area (Å²) in [6.45, 7) is 0.971. The van der Waals surface area contributed by atoms with Gasteiger partial charge in [-0.2, -0.15) is 0 Å². The normalized spacial score (nSPS) is 16.9. The Morgan fingerprint density at radius 2 is 2.08 bits per heavy atom. The number of methoxy groups -OCH3 is 1. The third-order valence-electron chi connectivity index (χ3n) is 4.22. The molecule has 2 aromatic carbocycles. The molecule has 5 heteroatoms. The number of carbonyl (C=O) groups excluding carboxylic acids is 1. The highest BCUT2D eigenvalue weighted by Gasteiger charge is 2.24. The van der Waals surface area contributed by atoms with Gasteiger partial charge in [-0.3, -0.25) is 0 Å². The maximum atomic E-state index is 12.3. The highest BCUT2D eigenvalue weighted by molar-refractivity contribution is 5.89. The predicted molar refractivity (Wildman–Crippen MR) is 93.5 cm³/mol. The van der Waals surface area contributed by atoms with Gasteiger partial charge in [0.15, 0.2) is 0 Å². The molecule has 1 atom stereocenters. The van der Waals surface area contributed by atoms with Crippen LogP contribution < -0.4 is 10.1 Å². The molecule has 2 aromatic rings. The molecule has 1 heterocycles. The van der Waals surface area contributed by atoms with Gasteiger partial charge >= 0.3 is 6.03 Å². The monoisotopic (exact) mass is 326 g/mol. The Bertz CT molecular complexity index is 703. The first-order chi connectivity index (χ1) is 11.7. The molecule has 1 aliphatic heterocycles. The number of nitrogens with one attached hydrogen (secondary N) is 1. The Balaban J connectivity index is 1.74. The minimum absolute atomic E-state index is 0.178. The topological polar surface area (TPSA) is 61.8 Å². The summed E-state index contributed by atoms with van der Waals surface area (Å²) in [4.78, 5) is 13.9. The number of aliphatic hydroxyl groups excluding tert-OH is 1. The number of carbonyl (C=O) groups is 1. The highest BCUT2D eigenvalue weighted by atomic mass is 16.5. The SMILES string of the molecule is COc1ccc(NC(=O)N2CC[C@H](O)C2)cc1Cc1ccccc1. The molecule has 2 amide bonds. The van der Waals surface area contributed by atoms with Gasteiger partial charge in [0, 0.05) is 30.8 Å². The molecule has 0 saturated carbocycles. The van der Waals surface area contributed by atoms with E-state index in [-0.39, 0.29) is 6.03 Å². The van der Waals surface area contributed by atoms with E-state index in [1.807, 2.05) is 36.4 Å². The van der Waals surface area contributed by atoms with Gasteiger partial charge in [0.1, 0.15) is 5.75 Å². The second-order valence-electron chi connectivity index (χ2n) is 6.01. The molecule has 0 aromatic heterocycles. The van der Waals surface area contributed by atoms with E-state index in [4.69, 9.17) is 4.74 Å². The summed E-state index contributed by atoms with van der Waals surface area (Å²) in [5, 5.41) is 12.5. The Kier molecular flexibility index (Phi) is 5.01. The van der Waals surface area contributed by atoms with Crippen molar-refractivity contribution in [1.82, 2.24) is 4.90 Å². The number of amides is 2. The van der Waals surface area contributed by atoms with Crippen LogP contribution in [-0.4, -0.2) is 42.3 Å². The Morgan fingerprint density at radius 1 is 1.29 bits per heavy atom. The van der Waals surface area contributed by atoms with Crippen LogP contribution in [0.5, 0.6) is 5.75 Å². The number of β-amino-alcohol motifs (C(OH)–C–C–N with tert-alkyl or cyclic N) is 1. The van der Waals surface area contributed by atoms with E-state index < -0.39 is 6.10 Å². The molecule has 1 aliphatic rings. The number of ether oxygens (including phenoxy) is 1. The van der Waals surface area contributed by atoms with E-state index in [9.17, 15) is 9.90 Å². The van der Waals surface area contributed by atoms with Crippen molar-refractivity contribution >= 4 is 11.7 Å². The molecule has 0 bridgehead atoms. The largest absolute Gasteiger partial charge is 0.496 e. The quantitative estimate of drug-likeness (QED) is 0.908. The summed E-state index contributed by atoms with van der Waals surface area (Å²) in [5.41, 5.74) is 2.93. The van der Waals surface area contributed by atoms with E-state index in [1.54, 1.807) is 12.0 Å². The van der Waals surface area contributed by atoms with Crippen molar-refractivity contribution < 1.29 is 14.6 Å². The molecule has 5 nitrogen and oxygen atoms in total. The number of rotatable bonds is 4. The summed E-state index contributed by atoms with van der Waals surface area (Å²) >= 11 is 0. The predicted octanol–water partition coefficient (Wildman–Crippen LogP) is 2.88. The third kappa shape index (κ3) is 3.86. The maximum Gasteiger partial charge on any atom is 0.321 e. The number of urea groups is 1. The average molecular weight is 326 g/mol. The zero-order valence-corrected chi connectivity index (χ0v) is 13.7. The van der Waals surface area contributed by atoms with Crippen molar-refractivity contribution in [3.8, 4) is 5.75 Å². The van der Waals surface area contributed by atoms with Crippen molar-refractivity contribution in [2.75, 3.05) is 25.5 Å². The number of benzene rings is 2. The zero-order chi connectivity index (χ0) is 16.9. The summed E-state index contributed by atoms with van der Waals surface area (Å²) in [6.07, 6.45) is 0.950. The molecule has 126 valence electrons. The van der Waals surface area contributed by atoms with Gasteiger partial charge in [-0.15, -0.1) is 0 Å². The lowest BCUT2D eigenvalue weighted by Crippen LogP contribution is -2.33. The molecular weight excluding hydrogens is 304 g/mol. The number of anilines is 1. The van der Waals surface area contributed by atoms with Crippen LogP contribution in [0.2, 0.25) is 0 Å². The minimum atomic E-state index is -0.416. The van der Waals surface area contributed by atoms with E-state index in [0.29, 0.717) is 19.5 Å². The lowest BCUT2D eigenvalue weighted by Gasteiger charge is -2.17. The number of hydrogen-bond acceptors (Lipinski definition) is 3. The lowest BCUT2D eigenvalue weighted by molar-refractivity contribution is 0.176. The van der Waals surface area contributed by atoms with Crippen molar-refractivity contribution in [1.29, 1.82) is 0 Å². The smallest absolute Gasteiger partial charge is 0.321 e. The van der Waals surface area contributed by atoms with Crippen molar-refractivity contribution in [2.24, 2.45) is 0 Å². The van der Waals surface area contributed by atoms with Crippen LogP contribution in [0.25, 0.3) is 0 Å². The van der Waals surface area contributed by atoms with Crippen LogP contribution in [-0.2, 0) is 6.42 Å². The van der Waals surface area contributed by atoms with Crippen LogP contribution in [0.15, 0.2) is 48.5 Å². The first-order valence-corrected chi connectivity index (χ1v) is 8.10. The van der Waals surface area contributed by atoms with Crippen LogP contribution in [0, 0.1) is 0 Å². The van der Waals surface area contributed by atoms with E-state index >= 15 is 0 Å². The fraction of sp³-hybridized carbons (Fsp3) is 0.316. The summed E-state index contributed by atoms with van der Waals surface area (Å²) in [5.74, 6) is 0.799. The molecule has 0 aliphatic carbocycles. The van der Waals surface area contributed by atoms with Gasteiger partial charge in [-0.1, -0.05) is 30.3 Å². The average Bonchev–Trinajstić information content (AvgIpc) is 3.03. The summed E-state index contributed by atoms with van der Waals surface area (Å²) < 4.78 is 5.44. The van der Waals surface area contributed by atoms with Gasteiger partial charge in [0.25, 0.3) is 0 Å². The molecule has 24 heavy (non-hydrogen) atoms. The van der Waals surface area contributed by atoms with Gasteiger partial charge in [0.05, 0.1) is 13.2 Å². The van der Waals surface area contributed by atoms with Crippen LogP contribution in [0.3, 0.4) is 0 Å². The third-order valence-corrected chi connectivity index (χ3v) is 4.22. The van der Waals surface area contributed by atoms with E-state index in [2.05, 4.69) is 17.4 Å². The van der Waals surface area contributed by atoms with Crippen LogP contribution in [0.4, 0.5) is 10.5 Å². The van der Waals surface area contributed by atoms with E-state index in [0.717, 1.165) is 23.4 Å². The fourth-order valence-corrected chi connectivity index (χ4v) is 2.94. The van der Waals surface area contributed by atoms with Gasteiger partial charge in [-0.05, 0) is 30.2 Å². The molecule has 0 radical (unpaired) electrons. The van der Waals surface area contributed by atoms with Gasteiger partial charge in [0.2, 0.25) is 0 Å². The number of hydrogen-bond donors (Lipinski definition) is 2. The molecule has 0 unspecified atom stereocenters. The minimum Gasteiger partial charge on any atom is -0.496 e. The lowest BCUT2D eigenvalue weighted by atomic mass is 10.0. The second-order valence-corrected chi connectivity index (χ2v) is 6.01. The van der Waals surface area contributed by atoms with Crippen molar-refractivity contribution in [3.05, 3.63) is 59.7 Å². The van der Waals surface area contributed by atoms with Crippen molar-refractivity contribution in [3.63, 3.8) is 0 Å². The van der Waals surface area contributed by atoms with Crippen LogP contribution >= 0.6 is 0 Å². The van der Waals surface area contributed by atoms with Crippen molar-refractivity contribution in [2.45, 2.75) is 18.9 Å². The highest BCUT2D eigenvalue weighted by Crippen LogP contribution is 2.25. The van der Waals surface area contributed by atoms with Gasteiger partial charge in [-0.25, -0.2) is 4.79 Å². The molecular formula is C19H22N2O3. The number of nitrogens with zero attached hydrogens (tertiary/aromatic N) is 1. The Labute approximate surface area is 141 Å². The zero-order valence-electron chi connectivity index (χ0n) is 13.7.